The van der Waals surface area contributed by atoms with Crippen LogP contribution in [-0.2, 0) is 13.1 Å². The van der Waals surface area contributed by atoms with Crippen LogP contribution in [0.15, 0.2) is 48.5 Å². The van der Waals surface area contributed by atoms with Gasteiger partial charge in [-0.15, -0.1) is 11.3 Å². The molecule has 0 fully saturated rings. The Hall–Kier alpha value is -2.93. The molecule has 0 unspecified atom stereocenters. The lowest BCUT2D eigenvalue weighted by Crippen LogP contribution is -2.39. The number of hydrogen-bond acceptors (Lipinski definition) is 4. The van der Waals surface area contributed by atoms with Crippen molar-refractivity contribution in [2.75, 3.05) is 0 Å². The van der Waals surface area contributed by atoms with Gasteiger partial charge in [0, 0.05) is 18.2 Å². The summed E-state index contributed by atoms with van der Waals surface area (Å²) in [7, 11) is 0. The second kappa shape index (κ2) is 8.64. The number of fused-ring (bicyclic) bond motifs is 1. The Kier molecular flexibility index (Phi) is 6.03. The van der Waals surface area contributed by atoms with Gasteiger partial charge in [0.25, 0.3) is 5.91 Å². The minimum absolute atomic E-state index is 0.0894. The highest BCUT2D eigenvalue weighted by molar-refractivity contribution is 7.18. The summed E-state index contributed by atoms with van der Waals surface area (Å²) in [6.45, 7) is 4.62. The maximum atomic E-state index is 12.3. The van der Waals surface area contributed by atoms with E-state index < -0.39 is 0 Å². The molecule has 0 aliphatic rings. The van der Waals surface area contributed by atoms with Crippen LogP contribution in [0.1, 0.15) is 34.8 Å². The molecule has 140 valence electrons. The smallest absolute Gasteiger partial charge is 0.315 e. The zero-order valence-electron chi connectivity index (χ0n) is 15.3. The molecule has 6 nitrogen and oxygen atoms in total. The standard InChI is InChI=1S/C20H22N4O2S/c1-13(2)23-20(26)22-11-14-7-9-15(10-8-14)19(25)21-12-18-24-16-5-3-4-6-17(16)27-18/h3-10,13H,11-12H2,1-2H3,(H,21,25)(H2,22,23,26). The molecule has 1 heterocycles. The van der Waals surface area contributed by atoms with Crippen molar-refractivity contribution in [1.82, 2.24) is 20.9 Å². The Morgan fingerprint density at radius 1 is 1.00 bits per heavy atom. The summed E-state index contributed by atoms with van der Waals surface area (Å²) in [6, 6.07) is 15.0. The molecule has 3 amide bonds. The molecule has 0 aliphatic carbocycles. The zero-order valence-corrected chi connectivity index (χ0v) is 16.1. The first-order chi connectivity index (χ1) is 13.0. The Morgan fingerprint density at radius 2 is 1.74 bits per heavy atom. The number of carbonyl (C=O) groups is 2. The van der Waals surface area contributed by atoms with E-state index in [4.69, 9.17) is 0 Å². The molecule has 0 saturated heterocycles. The van der Waals surface area contributed by atoms with Gasteiger partial charge in [0.2, 0.25) is 0 Å². The molecule has 0 atom stereocenters. The van der Waals surface area contributed by atoms with E-state index in [2.05, 4.69) is 20.9 Å². The van der Waals surface area contributed by atoms with Crippen molar-refractivity contribution < 1.29 is 9.59 Å². The number of benzene rings is 2. The van der Waals surface area contributed by atoms with Gasteiger partial charge < -0.3 is 16.0 Å². The number of nitrogens with zero attached hydrogens (tertiary/aromatic N) is 1. The van der Waals surface area contributed by atoms with Gasteiger partial charge >= 0.3 is 6.03 Å². The van der Waals surface area contributed by atoms with Gasteiger partial charge in [-0.2, -0.15) is 0 Å². The Balaban J connectivity index is 1.52. The molecular weight excluding hydrogens is 360 g/mol. The molecule has 0 bridgehead atoms. The van der Waals surface area contributed by atoms with E-state index in [-0.39, 0.29) is 18.0 Å². The first-order valence-corrected chi connectivity index (χ1v) is 9.59. The average molecular weight is 382 g/mol. The third kappa shape index (κ3) is 5.27. The van der Waals surface area contributed by atoms with E-state index in [1.54, 1.807) is 23.5 Å². The summed E-state index contributed by atoms with van der Waals surface area (Å²) in [5.41, 5.74) is 2.45. The van der Waals surface area contributed by atoms with Crippen molar-refractivity contribution >= 4 is 33.5 Å². The molecular formula is C20H22N4O2S. The summed E-state index contributed by atoms with van der Waals surface area (Å²) in [5.74, 6) is -0.147. The van der Waals surface area contributed by atoms with Gasteiger partial charge in [-0.3, -0.25) is 4.79 Å². The lowest BCUT2D eigenvalue weighted by molar-refractivity contribution is 0.0951. The van der Waals surface area contributed by atoms with Crippen molar-refractivity contribution in [3.05, 3.63) is 64.7 Å². The first-order valence-electron chi connectivity index (χ1n) is 8.77. The number of hydrogen-bond donors (Lipinski definition) is 3. The van der Waals surface area contributed by atoms with Gasteiger partial charge in [-0.1, -0.05) is 24.3 Å². The van der Waals surface area contributed by atoms with Crippen LogP contribution >= 0.6 is 11.3 Å². The number of para-hydroxylation sites is 1. The van der Waals surface area contributed by atoms with Crippen LogP contribution < -0.4 is 16.0 Å². The molecule has 0 radical (unpaired) electrons. The fourth-order valence-corrected chi connectivity index (χ4v) is 3.43. The Labute approximate surface area is 162 Å². The van der Waals surface area contributed by atoms with E-state index in [1.807, 2.05) is 50.2 Å². The third-order valence-electron chi connectivity index (χ3n) is 3.83. The lowest BCUT2D eigenvalue weighted by atomic mass is 10.1. The van der Waals surface area contributed by atoms with Crippen LogP contribution in [0, 0.1) is 0 Å². The fraction of sp³-hybridized carbons (Fsp3) is 0.250. The highest BCUT2D eigenvalue weighted by Crippen LogP contribution is 2.21. The van der Waals surface area contributed by atoms with Gasteiger partial charge in [-0.05, 0) is 43.7 Å². The van der Waals surface area contributed by atoms with Gasteiger partial charge in [-0.25, -0.2) is 9.78 Å². The van der Waals surface area contributed by atoms with E-state index in [0.717, 1.165) is 20.8 Å². The van der Waals surface area contributed by atoms with Crippen LogP contribution in [0.2, 0.25) is 0 Å². The lowest BCUT2D eigenvalue weighted by Gasteiger charge is -2.10. The maximum Gasteiger partial charge on any atom is 0.315 e. The molecule has 27 heavy (non-hydrogen) atoms. The molecule has 7 heteroatoms. The Morgan fingerprint density at radius 3 is 2.44 bits per heavy atom. The second-order valence-electron chi connectivity index (χ2n) is 6.44. The van der Waals surface area contributed by atoms with E-state index in [9.17, 15) is 9.59 Å². The number of nitrogens with one attached hydrogen (secondary N) is 3. The van der Waals surface area contributed by atoms with Crippen molar-refractivity contribution in [3.63, 3.8) is 0 Å². The zero-order chi connectivity index (χ0) is 19.2. The third-order valence-corrected chi connectivity index (χ3v) is 4.86. The quantitative estimate of drug-likeness (QED) is 0.611. The van der Waals surface area contributed by atoms with Crippen LogP contribution in [-0.4, -0.2) is 23.0 Å². The molecule has 3 N–H and O–H groups in total. The van der Waals surface area contributed by atoms with Crippen LogP contribution in [0.5, 0.6) is 0 Å². The molecule has 0 saturated carbocycles. The normalized spacial score (nSPS) is 10.8. The van der Waals surface area contributed by atoms with Crippen LogP contribution in [0.4, 0.5) is 4.79 Å². The maximum absolute atomic E-state index is 12.3. The predicted octanol–water partition coefficient (Wildman–Crippen LogP) is 3.43. The summed E-state index contributed by atoms with van der Waals surface area (Å²) in [6.07, 6.45) is 0. The Bertz CT molecular complexity index is 902. The minimum atomic E-state index is -0.206. The largest absolute Gasteiger partial charge is 0.346 e. The number of amides is 3. The fourth-order valence-electron chi connectivity index (χ4n) is 2.52. The number of rotatable bonds is 6. The highest BCUT2D eigenvalue weighted by atomic mass is 32.1. The summed E-state index contributed by atoms with van der Waals surface area (Å²) < 4.78 is 1.11. The average Bonchev–Trinajstić information content (AvgIpc) is 3.07. The molecule has 2 aromatic carbocycles. The van der Waals surface area contributed by atoms with E-state index in [1.165, 1.54) is 0 Å². The van der Waals surface area contributed by atoms with Crippen molar-refractivity contribution in [2.45, 2.75) is 33.0 Å². The number of carbonyl (C=O) groups excluding carboxylic acids is 2. The monoisotopic (exact) mass is 382 g/mol. The van der Waals surface area contributed by atoms with Crippen LogP contribution in [0.25, 0.3) is 10.2 Å². The molecule has 0 aliphatic heterocycles. The summed E-state index contributed by atoms with van der Waals surface area (Å²) in [5, 5.41) is 9.32. The van der Waals surface area contributed by atoms with Crippen molar-refractivity contribution in [2.24, 2.45) is 0 Å². The van der Waals surface area contributed by atoms with Crippen molar-refractivity contribution in [1.29, 1.82) is 0 Å². The topological polar surface area (TPSA) is 83.1 Å². The second-order valence-corrected chi connectivity index (χ2v) is 7.55. The summed E-state index contributed by atoms with van der Waals surface area (Å²) in [4.78, 5) is 28.4. The molecule has 3 aromatic rings. The van der Waals surface area contributed by atoms with E-state index >= 15 is 0 Å². The number of urea groups is 1. The van der Waals surface area contributed by atoms with Gasteiger partial charge in [0.05, 0.1) is 16.8 Å². The molecule has 3 rings (SSSR count). The van der Waals surface area contributed by atoms with E-state index in [0.29, 0.717) is 18.7 Å². The summed E-state index contributed by atoms with van der Waals surface area (Å²) >= 11 is 1.58. The van der Waals surface area contributed by atoms with Gasteiger partial charge in [0.15, 0.2) is 0 Å². The molecule has 0 spiro atoms. The molecule has 1 aromatic heterocycles. The number of aromatic nitrogens is 1. The first kappa shape index (κ1) is 18.8. The van der Waals surface area contributed by atoms with Crippen molar-refractivity contribution in [3.8, 4) is 0 Å². The van der Waals surface area contributed by atoms with Crippen LogP contribution in [0.3, 0.4) is 0 Å². The number of thiazole rings is 1. The SMILES string of the molecule is CC(C)NC(=O)NCc1ccc(C(=O)NCc2nc3ccccc3s2)cc1. The van der Waals surface area contributed by atoms with Gasteiger partial charge in [0.1, 0.15) is 5.01 Å². The highest BCUT2D eigenvalue weighted by Gasteiger charge is 2.08. The minimum Gasteiger partial charge on any atom is -0.346 e. The predicted molar refractivity (Wildman–Crippen MR) is 108 cm³/mol.